The topological polar surface area (TPSA) is 89.6 Å². The number of hydrogen-bond acceptors (Lipinski definition) is 8. The first-order valence-electron chi connectivity index (χ1n) is 10.3. The smallest absolute Gasteiger partial charge is 0.387 e. The van der Waals surface area contributed by atoms with Crippen molar-refractivity contribution in [3.8, 4) is 17.0 Å². The minimum absolute atomic E-state index is 0.0969. The van der Waals surface area contributed by atoms with Crippen LogP contribution in [-0.4, -0.2) is 65.3 Å². The summed E-state index contributed by atoms with van der Waals surface area (Å²) in [5, 5.41) is 0.237. The average Bonchev–Trinajstić information content (AvgIpc) is 3.25. The number of nitrogens with zero attached hydrogens (tertiary/aromatic N) is 5. The number of nitrogens with two attached hydrogens (primary N) is 1. The molecule has 4 atom stereocenters. The number of nitrogen functional groups attached to an aromatic ring is 1. The summed E-state index contributed by atoms with van der Waals surface area (Å²) in [5.41, 5.74) is 6.82. The lowest BCUT2D eigenvalue weighted by molar-refractivity contribution is -0.0494. The zero-order chi connectivity index (χ0) is 21.3. The van der Waals surface area contributed by atoms with Gasteiger partial charge in [-0.05, 0) is 24.3 Å². The van der Waals surface area contributed by atoms with Gasteiger partial charge in [-0.1, -0.05) is 0 Å². The molecular formula is C20H21ClF2N6O2. The predicted molar refractivity (Wildman–Crippen MR) is 111 cm³/mol. The van der Waals surface area contributed by atoms with Crippen LogP contribution in [-0.2, 0) is 4.74 Å². The Labute approximate surface area is 182 Å². The number of aromatic nitrogens is 3. The van der Waals surface area contributed by atoms with Gasteiger partial charge in [-0.25, -0.2) is 9.97 Å². The molecule has 4 aliphatic rings. The molecule has 4 unspecified atom stereocenters. The summed E-state index contributed by atoms with van der Waals surface area (Å²) in [7, 11) is 0. The van der Waals surface area contributed by atoms with Gasteiger partial charge in [-0.2, -0.15) is 13.8 Å². The number of morpholine rings is 1. The van der Waals surface area contributed by atoms with Gasteiger partial charge in [0.25, 0.3) is 0 Å². The lowest BCUT2D eigenvalue weighted by Gasteiger charge is -2.29. The Morgan fingerprint density at radius 2 is 2.00 bits per heavy atom. The molecule has 8 nitrogen and oxygen atoms in total. The molecule has 2 aromatic heterocycles. The molecule has 0 aromatic carbocycles. The molecular weight excluding hydrogens is 430 g/mol. The van der Waals surface area contributed by atoms with Crippen molar-refractivity contribution < 1.29 is 18.3 Å². The SMILES string of the molecule is Nc1ncc(-c2cc(N3CC4CC3CO4)nc(N3CC4C(Cl)C4C3)n2)cc1OC(F)F. The van der Waals surface area contributed by atoms with E-state index in [1.807, 2.05) is 6.07 Å². The van der Waals surface area contributed by atoms with Crippen LogP contribution >= 0.6 is 11.6 Å². The van der Waals surface area contributed by atoms with Crippen molar-refractivity contribution in [2.45, 2.75) is 30.6 Å². The summed E-state index contributed by atoms with van der Waals surface area (Å²) in [6.07, 6.45) is 2.71. The van der Waals surface area contributed by atoms with Crippen LogP contribution in [0.25, 0.3) is 11.3 Å². The van der Waals surface area contributed by atoms with Crippen LogP contribution in [0.5, 0.6) is 5.75 Å². The van der Waals surface area contributed by atoms with Crippen LogP contribution in [0, 0.1) is 11.8 Å². The summed E-state index contributed by atoms with van der Waals surface area (Å²) in [6.45, 7) is 0.0928. The normalized spacial score (nSPS) is 30.9. The molecule has 6 rings (SSSR count). The number of pyridine rings is 1. The van der Waals surface area contributed by atoms with Gasteiger partial charge >= 0.3 is 6.61 Å². The van der Waals surface area contributed by atoms with Crippen molar-refractivity contribution >= 4 is 29.2 Å². The highest BCUT2D eigenvalue weighted by atomic mass is 35.5. The Balaban J connectivity index is 1.38. The van der Waals surface area contributed by atoms with E-state index in [1.54, 1.807) is 0 Å². The van der Waals surface area contributed by atoms with E-state index in [0.29, 0.717) is 35.6 Å². The number of halogens is 3. The van der Waals surface area contributed by atoms with Gasteiger partial charge in [0.15, 0.2) is 11.6 Å². The molecule has 3 saturated heterocycles. The first kappa shape index (κ1) is 19.2. The number of fused-ring (bicyclic) bond motifs is 3. The standard InChI is InChI=1S/C20H21ClF2N6O2/c21-17-12-6-28(7-13(12)17)20-26-14(9-1-15(31-19(22)23)18(24)25-4-9)3-16(27-20)29-5-11-2-10(29)8-30-11/h1,3-4,10-13,17,19H,2,5-8H2,(H2,24,25). The Morgan fingerprint density at radius 1 is 1.19 bits per heavy atom. The number of rotatable bonds is 5. The molecule has 3 aliphatic heterocycles. The summed E-state index contributed by atoms with van der Waals surface area (Å²) >= 11 is 6.30. The zero-order valence-corrected chi connectivity index (χ0v) is 17.3. The molecule has 4 fully saturated rings. The Bertz CT molecular complexity index is 1020. The third kappa shape index (κ3) is 3.32. The van der Waals surface area contributed by atoms with E-state index in [4.69, 9.17) is 32.0 Å². The van der Waals surface area contributed by atoms with Crippen molar-refractivity contribution in [2.75, 3.05) is 41.8 Å². The van der Waals surface area contributed by atoms with E-state index < -0.39 is 6.61 Å². The number of hydrogen-bond donors (Lipinski definition) is 1. The predicted octanol–water partition coefficient (Wildman–Crippen LogP) is 2.37. The average molecular weight is 451 g/mol. The van der Waals surface area contributed by atoms with Crippen molar-refractivity contribution in [1.29, 1.82) is 0 Å². The largest absolute Gasteiger partial charge is 0.431 e. The van der Waals surface area contributed by atoms with Crippen LogP contribution in [0.1, 0.15) is 6.42 Å². The first-order chi connectivity index (χ1) is 15.0. The molecule has 1 aliphatic carbocycles. The highest BCUT2D eigenvalue weighted by Gasteiger charge is 2.55. The molecule has 0 amide bonds. The van der Waals surface area contributed by atoms with Gasteiger partial charge in [-0.3, -0.25) is 0 Å². The summed E-state index contributed by atoms with van der Waals surface area (Å²) in [4.78, 5) is 18.0. The molecule has 5 heterocycles. The number of anilines is 3. The molecule has 2 bridgehead atoms. The number of alkyl halides is 3. The minimum atomic E-state index is -2.99. The quantitative estimate of drug-likeness (QED) is 0.694. The van der Waals surface area contributed by atoms with E-state index >= 15 is 0 Å². The molecule has 11 heteroatoms. The third-order valence-electron chi connectivity index (χ3n) is 6.66. The van der Waals surface area contributed by atoms with Gasteiger partial charge < -0.3 is 25.0 Å². The van der Waals surface area contributed by atoms with Gasteiger partial charge in [-0.15, -0.1) is 11.6 Å². The van der Waals surface area contributed by atoms with E-state index in [-0.39, 0.29) is 29.1 Å². The molecule has 2 N–H and O–H groups in total. The molecule has 0 radical (unpaired) electrons. The van der Waals surface area contributed by atoms with Crippen LogP contribution in [0.3, 0.4) is 0 Å². The second-order valence-corrected chi connectivity index (χ2v) is 9.08. The maximum Gasteiger partial charge on any atom is 0.387 e. The van der Waals surface area contributed by atoms with Crippen molar-refractivity contribution in [2.24, 2.45) is 11.8 Å². The summed E-state index contributed by atoms with van der Waals surface area (Å²) in [5.74, 6) is 2.08. The maximum atomic E-state index is 12.8. The second-order valence-electron chi connectivity index (χ2n) is 8.57. The number of piperidine rings is 1. The molecule has 1 saturated carbocycles. The third-order valence-corrected chi connectivity index (χ3v) is 7.31. The van der Waals surface area contributed by atoms with Crippen LogP contribution < -0.4 is 20.3 Å². The molecule has 2 aromatic rings. The van der Waals surface area contributed by atoms with E-state index in [9.17, 15) is 8.78 Å². The van der Waals surface area contributed by atoms with E-state index in [1.165, 1.54) is 12.3 Å². The summed E-state index contributed by atoms with van der Waals surface area (Å²) in [6, 6.07) is 3.59. The molecule has 164 valence electrons. The first-order valence-corrected chi connectivity index (χ1v) is 10.8. The summed E-state index contributed by atoms with van der Waals surface area (Å²) < 4.78 is 35.8. The van der Waals surface area contributed by atoms with Crippen LogP contribution in [0.4, 0.5) is 26.4 Å². The van der Waals surface area contributed by atoms with Crippen LogP contribution in [0.15, 0.2) is 18.3 Å². The molecule has 31 heavy (non-hydrogen) atoms. The number of ether oxygens (including phenoxy) is 2. The second kappa shape index (κ2) is 7.03. The van der Waals surface area contributed by atoms with Crippen molar-refractivity contribution in [3.05, 3.63) is 18.3 Å². The Morgan fingerprint density at radius 3 is 2.68 bits per heavy atom. The van der Waals surface area contributed by atoms with Crippen molar-refractivity contribution in [1.82, 2.24) is 15.0 Å². The highest BCUT2D eigenvalue weighted by Crippen LogP contribution is 2.50. The molecule has 0 spiro atoms. The fourth-order valence-electron chi connectivity index (χ4n) is 4.94. The van der Waals surface area contributed by atoms with Crippen LogP contribution in [0.2, 0.25) is 0 Å². The highest BCUT2D eigenvalue weighted by molar-refractivity contribution is 6.23. The van der Waals surface area contributed by atoms with Crippen molar-refractivity contribution in [3.63, 3.8) is 0 Å². The Hall–Kier alpha value is -2.46. The zero-order valence-electron chi connectivity index (χ0n) is 16.5. The monoisotopic (exact) mass is 450 g/mol. The van der Waals surface area contributed by atoms with Gasteiger partial charge in [0, 0.05) is 42.8 Å². The fourth-order valence-corrected chi connectivity index (χ4v) is 5.39. The van der Waals surface area contributed by atoms with Gasteiger partial charge in [0.2, 0.25) is 5.95 Å². The maximum absolute atomic E-state index is 12.8. The van der Waals surface area contributed by atoms with Gasteiger partial charge in [0.05, 0.1) is 24.4 Å². The Kier molecular flexibility index (Phi) is 4.36. The lowest BCUT2D eigenvalue weighted by atomic mass is 10.2. The lowest BCUT2D eigenvalue weighted by Crippen LogP contribution is -2.38. The van der Waals surface area contributed by atoms with Gasteiger partial charge in [0.1, 0.15) is 5.82 Å². The fraction of sp³-hybridized carbons (Fsp3) is 0.550. The van der Waals surface area contributed by atoms with E-state index in [0.717, 1.165) is 31.9 Å². The minimum Gasteiger partial charge on any atom is -0.431 e. The van der Waals surface area contributed by atoms with E-state index in [2.05, 4.69) is 19.5 Å².